The third-order valence-corrected chi connectivity index (χ3v) is 4.26. The number of carbonyl (C=O) groups is 1. The minimum absolute atomic E-state index is 0.208. The summed E-state index contributed by atoms with van der Waals surface area (Å²) in [6.45, 7) is 0.742. The van der Waals surface area contributed by atoms with Crippen LogP contribution in [0.3, 0.4) is 0 Å². The lowest BCUT2D eigenvalue weighted by Gasteiger charge is -2.08. The number of methoxy groups -OCH3 is 1. The van der Waals surface area contributed by atoms with Crippen LogP contribution in [-0.4, -0.2) is 24.5 Å². The number of carbonyl (C=O) groups excluding carboxylic acids is 1. The summed E-state index contributed by atoms with van der Waals surface area (Å²) >= 11 is 5.88. The number of hydrogen-bond acceptors (Lipinski definition) is 4. The minimum atomic E-state index is -0.208. The molecule has 0 aliphatic carbocycles. The normalized spacial score (nSPS) is 10.3. The van der Waals surface area contributed by atoms with Gasteiger partial charge in [0.15, 0.2) is 0 Å². The molecule has 0 saturated heterocycles. The van der Waals surface area contributed by atoms with E-state index in [-0.39, 0.29) is 5.91 Å². The molecule has 2 N–H and O–H groups in total. The van der Waals surface area contributed by atoms with E-state index in [1.807, 2.05) is 24.3 Å². The van der Waals surface area contributed by atoms with E-state index < -0.39 is 0 Å². The molecule has 0 atom stereocenters. The molecule has 1 aromatic heterocycles. The first kappa shape index (κ1) is 18.7. The zero-order valence-corrected chi connectivity index (χ0v) is 15.7. The number of nitrogens with zero attached hydrogens (tertiary/aromatic N) is 1. The zero-order chi connectivity index (χ0) is 19.1. The molecule has 27 heavy (non-hydrogen) atoms. The molecular weight excluding hydrogens is 362 g/mol. The lowest BCUT2D eigenvalue weighted by molar-refractivity contribution is 0.102. The number of hydrogen-bond donors (Lipinski definition) is 2. The smallest absolute Gasteiger partial charge is 0.257 e. The Kier molecular flexibility index (Phi) is 6.28. The van der Waals surface area contributed by atoms with Crippen molar-refractivity contribution in [2.75, 3.05) is 24.3 Å². The fourth-order valence-electron chi connectivity index (χ4n) is 2.50. The molecule has 0 bridgehead atoms. The SMILES string of the molecule is COc1ccc(NC(=O)c2ccc(NCCc3ccc(Cl)cc3)nc2)cc1. The van der Waals surface area contributed by atoms with E-state index in [9.17, 15) is 4.79 Å². The summed E-state index contributed by atoms with van der Waals surface area (Å²) in [5, 5.41) is 6.81. The van der Waals surface area contributed by atoms with E-state index in [4.69, 9.17) is 16.3 Å². The van der Waals surface area contributed by atoms with E-state index in [0.29, 0.717) is 11.3 Å². The fourth-order valence-corrected chi connectivity index (χ4v) is 2.62. The van der Waals surface area contributed by atoms with Crippen molar-refractivity contribution in [3.63, 3.8) is 0 Å². The molecule has 2 aromatic carbocycles. The first-order chi connectivity index (χ1) is 13.1. The molecule has 0 aliphatic rings. The van der Waals surface area contributed by atoms with Crippen LogP contribution < -0.4 is 15.4 Å². The van der Waals surface area contributed by atoms with Crippen molar-refractivity contribution in [2.45, 2.75) is 6.42 Å². The van der Waals surface area contributed by atoms with Gasteiger partial charge >= 0.3 is 0 Å². The van der Waals surface area contributed by atoms with Gasteiger partial charge in [0.25, 0.3) is 5.91 Å². The van der Waals surface area contributed by atoms with E-state index >= 15 is 0 Å². The first-order valence-corrected chi connectivity index (χ1v) is 8.91. The second kappa shape index (κ2) is 9.05. The summed E-state index contributed by atoms with van der Waals surface area (Å²) in [6, 6.07) is 18.5. The molecule has 138 valence electrons. The second-order valence-electron chi connectivity index (χ2n) is 5.92. The minimum Gasteiger partial charge on any atom is -0.497 e. The van der Waals surface area contributed by atoms with Gasteiger partial charge in [0, 0.05) is 23.5 Å². The Hall–Kier alpha value is -3.05. The number of halogens is 1. The summed E-state index contributed by atoms with van der Waals surface area (Å²) < 4.78 is 5.10. The molecule has 0 fully saturated rings. The highest BCUT2D eigenvalue weighted by Crippen LogP contribution is 2.16. The first-order valence-electron chi connectivity index (χ1n) is 8.54. The molecule has 3 aromatic rings. The Balaban J connectivity index is 1.51. The topological polar surface area (TPSA) is 63.2 Å². The van der Waals surface area contributed by atoms with Gasteiger partial charge in [-0.3, -0.25) is 4.79 Å². The highest BCUT2D eigenvalue weighted by Gasteiger charge is 2.07. The van der Waals surface area contributed by atoms with Crippen LogP contribution in [0.1, 0.15) is 15.9 Å². The Morgan fingerprint density at radius 3 is 2.41 bits per heavy atom. The average Bonchev–Trinajstić information content (AvgIpc) is 2.70. The van der Waals surface area contributed by atoms with Gasteiger partial charge in [-0.15, -0.1) is 0 Å². The summed E-state index contributed by atoms with van der Waals surface area (Å²) in [5.74, 6) is 1.26. The second-order valence-corrected chi connectivity index (χ2v) is 6.35. The van der Waals surface area contributed by atoms with E-state index in [1.165, 1.54) is 5.56 Å². The number of aromatic nitrogens is 1. The number of nitrogens with one attached hydrogen (secondary N) is 2. The number of anilines is 2. The van der Waals surface area contributed by atoms with E-state index in [2.05, 4.69) is 15.6 Å². The summed E-state index contributed by atoms with van der Waals surface area (Å²) in [4.78, 5) is 16.6. The van der Waals surface area contributed by atoms with Crippen molar-refractivity contribution in [3.05, 3.63) is 83.0 Å². The predicted octanol–water partition coefficient (Wildman–Crippen LogP) is 4.65. The highest BCUT2D eigenvalue weighted by atomic mass is 35.5. The van der Waals surface area contributed by atoms with Crippen LogP contribution in [0, 0.1) is 0 Å². The van der Waals surface area contributed by atoms with Crippen LogP contribution >= 0.6 is 11.6 Å². The Labute approximate surface area is 163 Å². The zero-order valence-electron chi connectivity index (χ0n) is 14.9. The maximum absolute atomic E-state index is 12.3. The van der Waals surface area contributed by atoms with Crippen LogP contribution in [-0.2, 0) is 6.42 Å². The number of benzene rings is 2. The van der Waals surface area contributed by atoms with Crippen LogP contribution in [0.2, 0.25) is 5.02 Å². The van der Waals surface area contributed by atoms with Crippen molar-refractivity contribution in [3.8, 4) is 5.75 Å². The van der Waals surface area contributed by atoms with E-state index in [0.717, 1.165) is 29.6 Å². The molecular formula is C21H20ClN3O2. The van der Waals surface area contributed by atoms with Crippen molar-refractivity contribution in [1.82, 2.24) is 4.98 Å². The highest BCUT2D eigenvalue weighted by molar-refractivity contribution is 6.30. The molecule has 1 amide bonds. The van der Waals surface area contributed by atoms with Crippen molar-refractivity contribution >= 4 is 29.0 Å². The monoisotopic (exact) mass is 381 g/mol. The molecule has 6 heteroatoms. The van der Waals surface area contributed by atoms with Gasteiger partial charge in [-0.2, -0.15) is 0 Å². The van der Waals surface area contributed by atoms with Gasteiger partial charge in [-0.05, 0) is 60.5 Å². The fraction of sp³-hybridized carbons (Fsp3) is 0.143. The molecule has 0 unspecified atom stereocenters. The molecule has 1 heterocycles. The summed E-state index contributed by atoms with van der Waals surface area (Å²) in [6.07, 6.45) is 2.42. The van der Waals surface area contributed by atoms with Crippen molar-refractivity contribution in [1.29, 1.82) is 0 Å². The maximum atomic E-state index is 12.3. The number of amides is 1. The lowest BCUT2D eigenvalue weighted by atomic mass is 10.1. The van der Waals surface area contributed by atoms with E-state index in [1.54, 1.807) is 49.7 Å². The van der Waals surface area contributed by atoms with Crippen LogP contribution in [0.5, 0.6) is 5.75 Å². The third kappa shape index (κ3) is 5.46. The molecule has 5 nitrogen and oxygen atoms in total. The lowest BCUT2D eigenvalue weighted by Crippen LogP contribution is -2.13. The number of ether oxygens (including phenoxy) is 1. The van der Waals surface area contributed by atoms with Crippen LogP contribution in [0.25, 0.3) is 0 Å². The number of pyridine rings is 1. The van der Waals surface area contributed by atoms with Gasteiger partial charge in [-0.25, -0.2) is 4.98 Å². The quantitative estimate of drug-likeness (QED) is 0.625. The molecule has 0 saturated carbocycles. The van der Waals surface area contributed by atoms with Crippen molar-refractivity contribution < 1.29 is 9.53 Å². The average molecular weight is 382 g/mol. The Bertz CT molecular complexity index is 879. The molecule has 3 rings (SSSR count). The van der Waals surface area contributed by atoms with Crippen LogP contribution in [0.4, 0.5) is 11.5 Å². The van der Waals surface area contributed by atoms with Gasteiger partial charge in [0.2, 0.25) is 0 Å². The molecule has 0 spiro atoms. The van der Waals surface area contributed by atoms with Gasteiger partial charge in [0.05, 0.1) is 12.7 Å². The molecule has 0 radical (unpaired) electrons. The Morgan fingerprint density at radius 2 is 1.78 bits per heavy atom. The Morgan fingerprint density at radius 1 is 1.04 bits per heavy atom. The summed E-state index contributed by atoms with van der Waals surface area (Å²) in [5.41, 5.74) is 2.39. The standard InChI is InChI=1S/C21H20ClN3O2/c1-27-19-9-7-18(8-10-19)25-21(26)16-4-11-20(24-14-16)23-13-12-15-2-5-17(22)6-3-15/h2-11,14H,12-13H2,1H3,(H,23,24)(H,25,26). The van der Waals surface area contributed by atoms with Crippen LogP contribution in [0.15, 0.2) is 66.9 Å². The largest absolute Gasteiger partial charge is 0.497 e. The third-order valence-electron chi connectivity index (χ3n) is 4.01. The van der Waals surface area contributed by atoms with Gasteiger partial charge < -0.3 is 15.4 Å². The summed E-state index contributed by atoms with van der Waals surface area (Å²) in [7, 11) is 1.60. The van der Waals surface area contributed by atoms with Crippen molar-refractivity contribution in [2.24, 2.45) is 0 Å². The molecule has 0 aliphatic heterocycles. The van der Waals surface area contributed by atoms with Gasteiger partial charge in [-0.1, -0.05) is 23.7 Å². The predicted molar refractivity (Wildman–Crippen MR) is 109 cm³/mol. The number of rotatable bonds is 7. The van der Waals surface area contributed by atoms with Gasteiger partial charge in [0.1, 0.15) is 11.6 Å². The maximum Gasteiger partial charge on any atom is 0.257 e.